The highest BCUT2D eigenvalue weighted by atomic mass is 16.1. The highest BCUT2D eigenvalue weighted by Crippen LogP contribution is 2.19. The quantitative estimate of drug-likeness (QED) is 0.796. The summed E-state index contributed by atoms with van der Waals surface area (Å²) in [7, 11) is 1.50. The highest BCUT2D eigenvalue weighted by molar-refractivity contribution is 5.79. The number of aromatic nitrogens is 1. The Morgan fingerprint density at radius 2 is 2.06 bits per heavy atom. The van der Waals surface area contributed by atoms with Gasteiger partial charge in [-0.25, -0.2) is 4.98 Å². The molecule has 0 saturated carbocycles. The van der Waals surface area contributed by atoms with Crippen LogP contribution in [0.25, 0.3) is 0 Å². The zero-order chi connectivity index (χ0) is 13.3. The Labute approximate surface area is 104 Å². The van der Waals surface area contributed by atoms with Gasteiger partial charge in [0.05, 0.1) is 0 Å². The van der Waals surface area contributed by atoms with Gasteiger partial charge in [0.25, 0.3) is 0 Å². The van der Waals surface area contributed by atoms with Gasteiger partial charge in [-0.15, -0.1) is 0 Å². The summed E-state index contributed by atoms with van der Waals surface area (Å²) in [6.07, 6.45) is 3.67. The van der Waals surface area contributed by atoms with E-state index in [-0.39, 0.29) is 0 Å². The van der Waals surface area contributed by atoms with Crippen LogP contribution in [0.1, 0.15) is 36.2 Å². The van der Waals surface area contributed by atoms with Gasteiger partial charge in [-0.2, -0.15) is 0 Å². The number of nitrogens with two attached hydrogens (primary N) is 1. The second-order valence-electron chi connectivity index (χ2n) is 3.55. The minimum absolute atomic E-state index is 0.731. The van der Waals surface area contributed by atoms with E-state index in [1.807, 2.05) is 6.92 Å². The summed E-state index contributed by atoms with van der Waals surface area (Å²) in [5.74, 6) is 0.934. The summed E-state index contributed by atoms with van der Waals surface area (Å²) in [5, 5.41) is 0. The van der Waals surface area contributed by atoms with Crippen molar-refractivity contribution >= 4 is 12.1 Å². The fourth-order valence-electron chi connectivity index (χ4n) is 1.67. The van der Waals surface area contributed by atoms with E-state index in [4.69, 9.17) is 0 Å². The van der Waals surface area contributed by atoms with Gasteiger partial charge < -0.3 is 10.6 Å². The van der Waals surface area contributed by atoms with Crippen molar-refractivity contribution in [1.29, 1.82) is 0 Å². The number of carbonyl (C=O) groups is 1. The van der Waals surface area contributed by atoms with Crippen molar-refractivity contribution in [2.75, 3.05) is 25.0 Å². The smallest absolute Gasteiger partial charge is 0.150 e. The third-order valence-corrected chi connectivity index (χ3v) is 2.52. The van der Waals surface area contributed by atoms with E-state index in [0.717, 1.165) is 42.7 Å². The lowest BCUT2D eigenvalue weighted by atomic mass is 10.1. The molecule has 1 aromatic heterocycles. The van der Waals surface area contributed by atoms with E-state index in [0.29, 0.717) is 0 Å². The Balaban J connectivity index is 0.00000121. The third kappa shape index (κ3) is 4.15. The molecule has 0 radical (unpaired) electrons. The average molecular weight is 237 g/mol. The monoisotopic (exact) mass is 237 g/mol. The summed E-state index contributed by atoms with van der Waals surface area (Å²) in [4.78, 5) is 17.3. The molecule has 0 unspecified atom stereocenters. The summed E-state index contributed by atoms with van der Waals surface area (Å²) in [6, 6.07) is 1.76. The van der Waals surface area contributed by atoms with Gasteiger partial charge in [-0.1, -0.05) is 6.92 Å². The molecule has 17 heavy (non-hydrogen) atoms. The number of nitrogens with zero attached hydrogens (tertiary/aromatic N) is 2. The molecule has 2 N–H and O–H groups in total. The van der Waals surface area contributed by atoms with Crippen molar-refractivity contribution in [3.8, 4) is 0 Å². The number of hydrogen-bond acceptors (Lipinski definition) is 4. The van der Waals surface area contributed by atoms with Crippen molar-refractivity contribution in [2.24, 2.45) is 5.73 Å². The van der Waals surface area contributed by atoms with Gasteiger partial charge in [-0.3, -0.25) is 4.79 Å². The van der Waals surface area contributed by atoms with Crippen LogP contribution >= 0.6 is 0 Å². The number of aldehydes is 1. The fourth-order valence-corrected chi connectivity index (χ4v) is 1.67. The van der Waals surface area contributed by atoms with Crippen molar-refractivity contribution in [2.45, 2.75) is 27.2 Å². The molecule has 0 aromatic carbocycles. The molecule has 0 aliphatic rings. The topological polar surface area (TPSA) is 59.2 Å². The lowest BCUT2D eigenvalue weighted by Gasteiger charge is -2.23. The summed E-state index contributed by atoms with van der Waals surface area (Å²) in [6.45, 7) is 8.09. The number of pyridine rings is 1. The molecule has 0 aliphatic carbocycles. The summed E-state index contributed by atoms with van der Waals surface area (Å²) < 4.78 is 0. The minimum Gasteiger partial charge on any atom is -0.357 e. The molecular formula is C13H23N3O. The molecule has 0 amide bonds. The lowest BCUT2D eigenvalue weighted by molar-refractivity contribution is 0.112. The highest BCUT2D eigenvalue weighted by Gasteiger charge is 2.10. The molecule has 1 rings (SSSR count). The van der Waals surface area contributed by atoms with Gasteiger partial charge in [0.1, 0.15) is 5.82 Å². The number of rotatable bonds is 5. The summed E-state index contributed by atoms with van der Waals surface area (Å²) in [5.41, 5.74) is 6.21. The fraction of sp³-hybridized carbons (Fsp3) is 0.538. The van der Waals surface area contributed by atoms with E-state index in [1.54, 1.807) is 12.3 Å². The normalized spacial score (nSPS) is 9.24. The molecule has 0 spiro atoms. The molecule has 0 fully saturated rings. The zero-order valence-corrected chi connectivity index (χ0v) is 11.2. The van der Waals surface area contributed by atoms with E-state index in [9.17, 15) is 4.79 Å². The maximum Gasteiger partial charge on any atom is 0.150 e. The van der Waals surface area contributed by atoms with E-state index in [1.165, 1.54) is 7.05 Å². The first-order valence-corrected chi connectivity index (χ1v) is 5.98. The Bertz CT molecular complexity index is 339. The second-order valence-corrected chi connectivity index (χ2v) is 3.55. The van der Waals surface area contributed by atoms with E-state index in [2.05, 4.69) is 29.5 Å². The van der Waals surface area contributed by atoms with Crippen LogP contribution in [-0.4, -0.2) is 31.4 Å². The maximum absolute atomic E-state index is 10.8. The van der Waals surface area contributed by atoms with Crippen molar-refractivity contribution in [1.82, 2.24) is 4.98 Å². The van der Waals surface area contributed by atoms with Gasteiger partial charge in [-0.05, 0) is 33.4 Å². The third-order valence-electron chi connectivity index (χ3n) is 2.52. The van der Waals surface area contributed by atoms with Gasteiger partial charge in [0, 0.05) is 30.4 Å². The van der Waals surface area contributed by atoms with Gasteiger partial charge in [0.2, 0.25) is 0 Å². The maximum atomic E-state index is 10.8. The van der Waals surface area contributed by atoms with Crippen LogP contribution < -0.4 is 10.6 Å². The Hall–Kier alpha value is -1.42. The average Bonchev–Trinajstić information content (AvgIpc) is 2.39. The first-order valence-electron chi connectivity index (χ1n) is 5.98. The standard InChI is InChI=1S/C12H18N2O.CH5N/c1-4-8-14(5-2)12-10(3)11(9-15)6-7-13-12;1-2/h6-7,9H,4-5,8H2,1-3H3;2H2,1H3. The van der Waals surface area contributed by atoms with Crippen LogP contribution in [0, 0.1) is 6.92 Å². The number of carbonyl (C=O) groups excluding carboxylic acids is 1. The Morgan fingerprint density at radius 3 is 2.53 bits per heavy atom. The van der Waals surface area contributed by atoms with Crippen LogP contribution in [0.4, 0.5) is 5.82 Å². The van der Waals surface area contributed by atoms with Crippen LogP contribution in [0.15, 0.2) is 12.3 Å². The Morgan fingerprint density at radius 1 is 1.41 bits per heavy atom. The first-order chi connectivity index (χ1) is 8.24. The molecule has 1 aromatic rings. The number of anilines is 1. The van der Waals surface area contributed by atoms with Crippen LogP contribution in [0.2, 0.25) is 0 Å². The molecular weight excluding hydrogens is 214 g/mol. The predicted molar refractivity (Wildman–Crippen MR) is 72.7 cm³/mol. The minimum atomic E-state index is 0.731. The number of hydrogen-bond donors (Lipinski definition) is 1. The zero-order valence-electron chi connectivity index (χ0n) is 11.2. The van der Waals surface area contributed by atoms with Crippen molar-refractivity contribution in [3.05, 3.63) is 23.4 Å². The van der Waals surface area contributed by atoms with Gasteiger partial charge >= 0.3 is 0 Å². The predicted octanol–water partition coefficient (Wildman–Crippen LogP) is 2.01. The molecule has 96 valence electrons. The molecule has 4 heteroatoms. The lowest BCUT2D eigenvalue weighted by Crippen LogP contribution is -2.25. The SMILES string of the molecule is CCCN(CC)c1nccc(C=O)c1C.CN. The summed E-state index contributed by atoms with van der Waals surface area (Å²) >= 11 is 0. The second kappa shape index (κ2) is 8.70. The van der Waals surface area contributed by atoms with Crippen LogP contribution in [0.5, 0.6) is 0 Å². The van der Waals surface area contributed by atoms with Crippen LogP contribution in [-0.2, 0) is 0 Å². The van der Waals surface area contributed by atoms with Crippen molar-refractivity contribution in [3.63, 3.8) is 0 Å². The van der Waals surface area contributed by atoms with E-state index < -0.39 is 0 Å². The molecule has 0 atom stereocenters. The molecule has 4 nitrogen and oxygen atoms in total. The largest absolute Gasteiger partial charge is 0.357 e. The molecule has 0 bridgehead atoms. The molecule has 0 aliphatic heterocycles. The van der Waals surface area contributed by atoms with Crippen molar-refractivity contribution < 1.29 is 4.79 Å². The Kier molecular flexibility index (Phi) is 7.97. The van der Waals surface area contributed by atoms with Gasteiger partial charge in [0.15, 0.2) is 6.29 Å². The van der Waals surface area contributed by atoms with E-state index >= 15 is 0 Å². The molecule has 1 heterocycles. The first kappa shape index (κ1) is 15.6. The van der Waals surface area contributed by atoms with Crippen LogP contribution in [0.3, 0.4) is 0 Å². The molecule has 0 saturated heterocycles.